The largest absolute Gasteiger partial charge is 0.348 e. The van der Waals surface area contributed by atoms with Gasteiger partial charge in [-0.05, 0) is 69.6 Å². The molecule has 0 saturated carbocycles. The van der Waals surface area contributed by atoms with Crippen LogP contribution in [0.3, 0.4) is 0 Å². The molecule has 0 radical (unpaired) electrons. The molecule has 18 heteroatoms. The van der Waals surface area contributed by atoms with Crippen LogP contribution >= 0.6 is 34.2 Å². The third-order valence-corrected chi connectivity index (χ3v) is 21.3. The fourth-order valence-electron chi connectivity index (χ4n) is 14.7. The molecule has 6 atom stereocenters. The van der Waals surface area contributed by atoms with Crippen molar-refractivity contribution in [3.8, 4) is 0 Å². The molecule has 9 aromatic rings. The van der Waals surface area contributed by atoms with E-state index < -0.39 is 41.4 Å². The van der Waals surface area contributed by atoms with Crippen molar-refractivity contribution in [3.05, 3.63) is 319 Å². The first-order valence-corrected chi connectivity index (χ1v) is 36.6. The summed E-state index contributed by atoms with van der Waals surface area (Å²) in [4.78, 5) is 131. The number of halogens is 3. The molecular weight excluding hydrogens is 1450 g/mol. The zero-order valence-corrected chi connectivity index (χ0v) is 62.7. The van der Waals surface area contributed by atoms with Gasteiger partial charge in [0.25, 0.3) is 0 Å². The number of likely N-dealkylation sites (N-methyl/N-ethyl adjacent to an activating group) is 3. The summed E-state index contributed by atoms with van der Waals surface area (Å²) in [6.07, 6.45) is 0. The zero-order valence-electron chi connectivity index (χ0n) is 59.8. The maximum absolute atomic E-state index is 13.9. The Morgan fingerprint density at radius 1 is 0.324 bits per heavy atom. The molecule has 0 aliphatic carbocycles. The lowest BCUT2D eigenvalue weighted by molar-refractivity contribution is -0.131. The normalized spacial score (nSPS) is 20.3. The number of rotatable bonds is 21. The van der Waals surface area contributed by atoms with E-state index in [0.29, 0.717) is 77.7 Å². The molecule has 6 unspecified atom stereocenters. The first kappa shape index (κ1) is 77.8. The van der Waals surface area contributed by atoms with Gasteiger partial charge in [-0.3, -0.25) is 57.9 Å². The molecule has 0 aromatic heterocycles. The van der Waals surface area contributed by atoms with Crippen molar-refractivity contribution in [1.82, 2.24) is 29.4 Å². The van der Waals surface area contributed by atoms with E-state index in [4.69, 9.17) is 11.6 Å². The molecule has 0 spiro atoms. The number of ketones is 6. The highest BCUT2D eigenvalue weighted by molar-refractivity contribution is 14.1. The van der Waals surface area contributed by atoms with Crippen molar-refractivity contribution >= 4 is 86.6 Å². The summed E-state index contributed by atoms with van der Waals surface area (Å²) >= 11 is 8.46. The van der Waals surface area contributed by atoms with Crippen molar-refractivity contribution in [2.75, 3.05) is 101 Å². The van der Waals surface area contributed by atoms with Crippen molar-refractivity contribution in [2.45, 2.75) is 17.8 Å². The molecule has 3 heterocycles. The van der Waals surface area contributed by atoms with Gasteiger partial charge in [0.15, 0.2) is 34.7 Å². The van der Waals surface area contributed by atoms with E-state index >= 15 is 0 Å². The fraction of sp³-hybridized carbons (Fsp3) is 0.276. The highest BCUT2D eigenvalue weighted by Gasteiger charge is 2.49. The number of Topliss-reactive ketones (excluding diaryl/α,β-unsaturated/α-hetero) is 6. The van der Waals surface area contributed by atoms with Gasteiger partial charge in [-0.25, -0.2) is 4.39 Å². The van der Waals surface area contributed by atoms with Gasteiger partial charge in [0.1, 0.15) is 5.82 Å². The first-order valence-electron chi connectivity index (χ1n) is 35.1. The van der Waals surface area contributed by atoms with Gasteiger partial charge in [-0.15, -0.1) is 0 Å². The van der Waals surface area contributed by atoms with Crippen molar-refractivity contribution in [3.63, 3.8) is 0 Å². The Morgan fingerprint density at radius 2 is 0.543 bits per heavy atom. The lowest BCUT2D eigenvalue weighted by Gasteiger charge is -2.43. The molecule has 9 aromatic carbocycles. The molecule has 105 heavy (non-hydrogen) atoms. The Balaban J connectivity index is 0.000000169. The predicted molar refractivity (Wildman–Crippen MR) is 416 cm³/mol. The molecule has 15 nitrogen and oxygen atoms in total. The Labute approximate surface area is 633 Å². The minimum absolute atomic E-state index is 0.00289. The van der Waals surface area contributed by atoms with Gasteiger partial charge in [0, 0.05) is 177 Å². The van der Waals surface area contributed by atoms with Gasteiger partial charge in [0.05, 0.1) is 19.6 Å². The predicted octanol–water partition coefficient (Wildman–Crippen LogP) is 13.9. The number of nitrogens with zero attached hydrogens (tertiary/aromatic N) is 6. The second-order valence-electron chi connectivity index (χ2n) is 27.7. The van der Waals surface area contributed by atoms with Crippen LogP contribution in [0.1, 0.15) is 96.6 Å². The number of amides is 3. The molecule has 3 fully saturated rings. The SMILES string of the molecule is CN(C)C(=O)CN1CC(C(=O)c2ccccc2)C(c2ccc(Cl)cc2)C(C(=O)c2ccccc2)C1.CN(C)C(=O)CN1CC(C(=O)c2ccccc2)C(c2ccc(F)cc2)C(C(=O)c2ccccc2)C1.CN(C)C(=O)CN1CC(C(=O)c2ccccc2)C(c2ccccc2I)C(C(=O)c2ccccc2)C1. The smallest absolute Gasteiger partial charge is 0.236 e. The molecule has 3 saturated heterocycles. The topological polar surface area (TPSA) is 173 Å². The zero-order chi connectivity index (χ0) is 74.8. The number of hydrogen-bond donors (Lipinski definition) is 0. The van der Waals surface area contributed by atoms with E-state index in [-0.39, 0.29) is 89.7 Å². The van der Waals surface area contributed by atoms with E-state index in [9.17, 15) is 47.5 Å². The van der Waals surface area contributed by atoms with Gasteiger partial charge >= 0.3 is 0 Å². The lowest BCUT2D eigenvalue weighted by Crippen LogP contribution is -2.52. The molecule has 0 bridgehead atoms. The van der Waals surface area contributed by atoms with Crippen LogP contribution in [0.4, 0.5) is 4.39 Å². The lowest BCUT2D eigenvalue weighted by atomic mass is 9.68. The first-order chi connectivity index (χ1) is 50.6. The highest BCUT2D eigenvalue weighted by atomic mass is 127. The summed E-state index contributed by atoms with van der Waals surface area (Å²) in [7, 11) is 10.2. The van der Waals surface area contributed by atoms with Crippen LogP contribution in [0.15, 0.2) is 255 Å². The molecule has 0 N–H and O–H groups in total. The van der Waals surface area contributed by atoms with Crippen molar-refractivity contribution in [1.29, 1.82) is 0 Å². The van der Waals surface area contributed by atoms with E-state index in [1.54, 1.807) is 120 Å². The monoisotopic (exact) mass is 1540 g/mol. The minimum Gasteiger partial charge on any atom is -0.348 e. The van der Waals surface area contributed by atoms with Gasteiger partial charge in [-0.1, -0.05) is 236 Å². The molecule has 3 aliphatic heterocycles. The molecule has 3 aliphatic rings. The molecule has 12 rings (SSSR count). The number of hydrogen-bond acceptors (Lipinski definition) is 12. The average Bonchev–Trinajstić information content (AvgIpc) is 0.780. The molecule has 540 valence electrons. The summed E-state index contributed by atoms with van der Waals surface area (Å²) in [5.74, 6) is -5.00. The summed E-state index contributed by atoms with van der Waals surface area (Å²) in [6, 6.07) is 76.3. The van der Waals surface area contributed by atoms with Gasteiger partial charge in [0.2, 0.25) is 17.7 Å². The van der Waals surface area contributed by atoms with Crippen LogP contribution in [0, 0.1) is 44.9 Å². The van der Waals surface area contributed by atoms with Crippen LogP contribution in [-0.4, -0.2) is 183 Å². The standard InChI is InChI=1S/C29H29ClN2O3.C29H29FN2O3.C29H29IN2O3/c2*1-31(2)26(33)19-32-17-24(28(34)21-9-5-3-6-10-21)27(20-13-15-23(30)16-14-20)25(18-32)29(35)22-11-7-4-8-12-22;1-31(2)26(33)19-32-17-23(28(34)20-11-5-3-6-12-20)27(22-15-9-10-16-25(22)30)24(18-32)29(35)21-13-7-4-8-14-21/h2*3-16,24-25,27H,17-19H2,1-2H3;3-16,23-24,27H,17-19H2,1-2H3. The van der Waals surface area contributed by atoms with Crippen LogP contribution in [0.2, 0.25) is 5.02 Å². The quantitative estimate of drug-likeness (QED) is 0.0493. The second-order valence-corrected chi connectivity index (χ2v) is 29.3. The van der Waals surface area contributed by atoms with Gasteiger partial charge < -0.3 is 14.7 Å². The van der Waals surface area contributed by atoms with Crippen LogP contribution in [0.5, 0.6) is 0 Å². The Bertz CT molecular complexity index is 4090. The third kappa shape index (κ3) is 19.8. The minimum atomic E-state index is -0.579. The molecule has 3 amide bonds. The van der Waals surface area contributed by atoms with E-state index in [1.165, 1.54) is 21.9 Å². The number of likely N-dealkylation sites (tertiary alicyclic amines) is 3. The number of carbonyl (C=O) groups excluding carboxylic acids is 9. The van der Waals surface area contributed by atoms with E-state index in [0.717, 1.165) is 20.3 Å². The highest BCUT2D eigenvalue weighted by Crippen LogP contribution is 2.45. The molecular formula is C87H87ClFIN6O9. The van der Waals surface area contributed by atoms with Crippen LogP contribution < -0.4 is 0 Å². The number of carbonyl (C=O) groups is 9. The summed E-state index contributed by atoms with van der Waals surface area (Å²) < 4.78 is 14.8. The summed E-state index contributed by atoms with van der Waals surface area (Å²) in [6.45, 7) is 2.70. The van der Waals surface area contributed by atoms with E-state index in [2.05, 4.69) is 22.6 Å². The Kier molecular flexibility index (Phi) is 27.3. The number of piperidine rings is 3. The summed E-state index contributed by atoms with van der Waals surface area (Å²) in [5, 5.41) is 0.597. The Hall–Kier alpha value is -9.76. The van der Waals surface area contributed by atoms with Crippen LogP contribution in [0.25, 0.3) is 0 Å². The van der Waals surface area contributed by atoms with Crippen molar-refractivity contribution < 1.29 is 47.5 Å². The summed E-state index contributed by atoms with van der Waals surface area (Å²) in [5.41, 5.74) is 6.21. The fourth-order valence-corrected chi connectivity index (χ4v) is 15.5. The average molecular weight is 1540 g/mol. The maximum Gasteiger partial charge on any atom is 0.236 e. The Morgan fingerprint density at radius 3 is 0.781 bits per heavy atom. The maximum atomic E-state index is 13.9. The van der Waals surface area contributed by atoms with Gasteiger partial charge in [-0.2, -0.15) is 0 Å². The second kappa shape index (κ2) is 36.8. The number of benzene rings is 9. The van der Waals surface area contributed by atoms with Crippen LogP contribution in [-0.2, 0) is 14.4 Å². The van der Waals surface area contributed by atoms with E-state index in [1.807, 2.05) is 185 Å². The third-order valence-electron chi connectivity index (χ3n) is 20.0. The van der Waals surface area contributed by atoms with Crippen molar-refractivity contribution in [2.24, 2.45) is 35.5 Å².